The highest BCUT2D eigenvalue weighted by Gasteiger charge is 2.27. The predicted molar refractivity (Wildman–Crippen MR) is 83.7 cm³/mol. The molecule has 0 spiro atoms. The van der Waals surface area contributed by atoms with E-state index in [1.54, 1.807) is 4.90 Å². The van der Waals surface area contributed by atoms with Gasteiger partial charge in [0.05, 0.1) is 13.7 Å². The molecule has 1 aromatic rings. The lowest BCUT2D eigenvalue weighted by molar-refractivity contribution is -1.02. The Balaban J connectivity index is 1.47. The van der Waals surface area contributed by atoms with Gasteiger partial charge in [-0.05, 0) is 25.1 Å². The van der Waals surface area contributed by atoms with E-state index < -0.39 is 0 Å². The monoisotopic (exact) mass is 322 g/mol. The molecule has 23 heavy (non-hydrogen) atoms. The largest absolute Gasteiger partial charge is 0.469 e. The van der Waals surface area contributed by atoms with Crippen LogP contribution in [0.4, 0.5) is 0 Å². The highest BCUT2D eigenvalue weighted by molar-refractivity contribution is 5.71. The van der Waals surface area contributed by atoms with Crippen molar-refractivity contribution >= 4 is 5.97 Å². The minimum absolute atomic E-state index is 0.0228. The molecule has 6 nitrogen and oxygen atoms in total. The van der Waals surface area contributed by atoms with Crippen molar-refractivity contribution in [2.24, 2.45) is 5.92 Å². The zero-order chi connectivity index (χ0) is 16.2. The summed E-state index contributed by atoms with van der Waals surface area (Å²) in [6.45, 7) is 8.59. The molecule has 2 N–H and O–H groups in total. The van der Waals surface area contributed by atoms with Crippen LogP contribution in [0.5, 0.6) is 11.5 Å². The van der Waals surface area contributed by atoms with Crippen molar-refractivity contribution in [1.29, 1.82) is 0 Å². The number of piperazine rings is 1. The van der Waals surface area contributed by atoms with Gasteiger partial charge in [0.1, 0.15) is 38.6 Å². The Morgan fingerprint density at radius 2 is 1.87 bits per heavy atom. The Kier molecular flexibility index (Phi) is 5.03. The second kappa shape index (κ2) is 7.19. The molecule has 126 valence electrons. The molecule has 0 unspecified atom stereocenters. The van der Waals surface area contributed by atoms with E-state index in [1.165, 1.54) is 17.6 Å². The van der Waals surface area contributed by atoms with Crippen molar-refractivity contribution in [3.63, 3.8) is 0 Å². The fourth-order valence-corrected chi connectivity index (χ4v) is 3.40. The second-order valence-corrected chi connectivity index (χ2v) is 6.49. The molecule has 1 atom stereocenters. The Labute approximate surface area is 136 Å². The van der Waals surface area contributed by atoms with Crippen LogP contribution >= 0.6 is 0 Å². The number of carbonyl (C=O) groups excluding carboxylic acids is 1. The second-order valence-electron chi connectivity index (χ2n) is 6.49. The molecule has 0 radical (unpaired) electrons. The van der Waals surface area contributed by atoms with Crippen LogP contribution in [0.2, 0.25) is 0 Å². The van der Waals surface area contributed by atoms with Gasteiger partial charge in [0.15, 0.2) is 11.5 Å². The Morgan fingerprint density at radius 1 is 1.17 bits per heavy atom. The lowest BCUT2D eigenvalue weighted by Gasteiger charge is -2.30. The van der Waals surface area contributed by atoms with Crippen LogP contribution in [-0.4, -0.2) is 52.6 Å². The zero-order valence-electron chi connectivity index (χ0n) is 13.9. The number of ether oxygens (including phenoxy) is 3. The number of carbonyl (C=O) groups is 1. The maximum absolute atomic E-state index is 11.5. The van der Waals surface area contributed by atoms with Crippen LogP contribution in [0.3, 0.4) is 0 Å². The van der Waals surface area contributed by atoms with Gasteiger partial charge in [-0.2, -0.15) is 0 Å². The minimum atomic E-state index is -0.104. The van der Waals surface area contributed by atoms with Gasteiger partial charge in [-0.25, -0.2) is 0 Å². The Hall–Kier alpha value is -1.79. The number of hydrogen-bond donors (Lipinski definition) is 2. The molecule has 0 aromatic heterocycles. The summed E-state index contributed by atoms with van der Waals surface area (Å²) in [4.78, 5) is 14.6. The van der Waals surface area contributed by atoms with Crippen molar-refractivity contribution < 1.29 is 28.8 Å². The lowest BCUT2D eigenvalue weighted by atomic mass is 10.1. The molecule has 6 heteroatoms. The first-order valence-electron chi connectivity index (χ1n) is 8.29. The quantitative estimate of drug-likeness (QED) is 0.649. The fraction of sp³-hybridized carbons (Fsp3) is 0.588. The van der Waals surface area contributed by atoms with E-state index in [9.17, 15) is 4.79 Å². The topological polar surface area (TPSA) is 53.6 Å². The van der Waals surface area contributed by atoms with Gasteiger partial charge in [0.2, 0.25) is 6.79 Å². The first kappa shape index (κ1) is 16.1. The average Bonchev–Trinajstić information content (AvgIpc) is 3.03. The first-order valence-corrected chi connectivity index (χ1v) is 8.29. The normalized spacial score (nSPS) is 24.3. The van der Waals surface area contributed by atoms with Gasteiger partial charge in [-0.15, -0.1) is 0 Å². The molecule has 3 rings (SSSR count). The molecular formula is C17H26N2O4+2. The van der Waals surface area contributed by atoms with E-state index in [0.29, 0.717) is 6.79 Å². The summed E-state index contributed by atoms with van der Waals surface area (Å²) in [6, 6.07) is 6.21. The summed E-state index contributed by atoms with van der Waals surface area (Å²) in [6.07, 6.45) is 0. The third-order valence-electron chi connectivity index (χ3n) is 4.75. The number of methoxy groups -OCH3 is 1. The van der Waals surface area contributed by atoms with Crippen molar-refractivity contribution in [2.75, 3.05) is 46.6 Å². The lowest BCUT2D eigenvalue weighted by Crippen LogP contribution is -3.27. The molecule has 1 saturated heterocycles. The average molecular weight is 322 g/mol. The van der Waals surface area contributed by atoms with E-state index >= 15 is 0 Å². The van der Waals surface area contributed by atoms with E-state index in [-0.39, 0.29) is 11.9 Å². The summed E-state index contributed by atoms with van der Waals surface area (Å²) >= 11 is 0. The van der Waals surface area contributed by atoms with Crippen LogP contribution in [0, 0.1) is 5.92 Å². The molecule has 2 aliphatic rings. The number of hydrogen-bond acceptors (Lipinski definition) is 4. The van der Waals surface area contributed by atoms with Gasteiger partial charge in [-0.1, -0.05) is 0 Å². The van der Waals surface area contributed by atoms with Crippen molar-refractivity contribution in [3.05, 3.63) is 23.8 Å². The molecule has 2 aliphatic heterocycles. The van der Waals surface area contributed by atoms with Crippen LogP contribution in [0.25, 0.3) is 0 Å². The number of rotatable bonds is 5. The Morgan fingerprint density at radius 3 is 2.61 bits per heavy atom. The molecule has 2 heterocycles. The maximum Gasteiger partial charge on any atom is 0.314 e. The number of fused-ring (bicyclic) bond motifs is 1. The SMILES string of the molecule is COC(=O)[C@H](C)C[NH+]1CC[NH+](Cc2ccc3c(c2)OCO3)CC1. The molecule has 0 amide bonds. The van der Waals surface area contributed by atoms with Gasteiger partial charge < -0.3 is 24.0 Å². The molecule has 0 saturated carbocycles. The third-order valence-corrected chi connectivity index (χ3v) is 4.75. The van der Waals surface area contributed by atoms with Gasteiger partial charge in [0, 0.05) is 5.56 Å². The van der Waals surface area contributed by atoms with E-state index in [1.807, 2.05) is 13.0 Å². The highest BCUT2D eigenvalue weighted by atomic mass is 16.7. The highest BCUT2D eigenvalue weighted by Crippen LogP contribution is 2.32. The number of esters is 1. The third kappa shape index (κ3) is 3.95. The van der Waals surface area contributed by atoms with E-state index in [0.717, 1.165) is 50.8 Å². The maximum atomic E-state index is 11.5. The first-order chi connectivity index (χ1) is 11.2. The summed E-state index contributed by atoms with van der Waals surface area (Å²) < 4.78 is 15.6. The van der Waals surface area contributed by atoms with Crippen LogP contribution in [0.15, 0.2) is 18.2 Å². The number of benzene rings is 1. The number of quaternary nitrogens is 2. The summed E-state index contributed by atoms with van der Waals surface area (Å²) in [5.41, 5.74) is 1.29. The van der Waals surface area contributed by atoms with Gasteiger partial charge >= 0.3 is 5.97 Å². The summed E-state index contributed by atoms with van der Waals surface area (Å²) in [7, 11) is 1.46. The number of nitrogens with one attached hydrogen (secondary N) is 2. The fourth-order valence-electron chi connectivity index (χ4n) is 3.40. The molecular weight excluding hydrogens is 296 g/mol. The van der Waals surface area contributed by atoms with Crippen LogP contribution < -0.4 is 19.3 Å². The van der Waals surface area contributed by atoms with Crippen molar-refractivity contribution in [2.45, 2.75) is 13.5 Å². The molecule has 0 bridgehead atoms. The summed E-state index contributed by atoms with van der Waals surface area (Å²) in [5, 5.41) is 0. The standard InChI is InChI=1S/C17H24N2O4/c1-13(17(20)21-2)10-18-5-7-19(8-6-18)11-14-3-4-15-16(9-14)23-12-22-15/h3-4,9,13H,5-8,10-12H2,1-2H3/p+2/t13-/m1/s1. The van der Waals surface area contributed by atoms with E-state index in [2.05, 4.69) is 12.1 Å². The van der Waals surface area contributed by atoms with E-state index in [4.69, 9.17) is 14.2 Å². The molecule has 1 aromatic carbocycles. The smallest absolute Gasteiger partial charge is 0.314 e. The minimum Gasteiger partial charge on any atom is -0.469 e. The molecule has 0 aliphatic carbocycles. The van der Waals surface area contributed by atoms with Crippen LogP contribution in [0.1, 0.15) is 12.5 Å². The van der Waals surface area contributed by atoms with Crippen molar-refractivity contribution in [3.8, 4) is 11.5 Å². The zero-order valence-corrected chi connectivity index (χ0v) is 13.9. The van der Waals surface area contributed by atoms with Gasteiger partial charge in [0.25, 0.3) is 0 Å². The Bertz CT molecular complexity index is 556. The predicted octanol–water partition coefficient (Wildman–Crippen LogP) is -1.49. The molecule has 1 fully saturated rings. The summed E-state index contributed by atoms with van der Waals surface area (Å²) in [5.74, 6) is 1.57. The van der Waals surface area contributed by atoms with Crippen LogP contribution in [-0.2, 0) is 16.1 Å². The van der Waals surface area contributed by atoms with Crippen molar-refractivity contribution in [1.82, 2.24) is 0 Å². The van der Waals surface area contributed by atoms with Gasteiger partial charge in [-0.3, -0.25) is 4.79 Å².